The molecule has 0 aliphatic carbocycles. The molecule has 0 saturated heterocycles. The topological polar surface area (TPSA) is 40.5 Å². The molecule has 22 heavy (non-hydrogen) atoms. The molecule has 2 N–H and O–H groups in total. The van der Waals surface area contributed by atoms with Crippen molar-refractivity contribution in [1.82, 2.24) is 0 Å². The Bertz CT molecular complexity index is 736. The highest BCUT2D eigenvalue weighted by atomic mass is 35.5. The van der Waals surface area contributed by atoms with Crippen LogP contribution in [0.1, 0.15) is 22.6 Å². The Hall–Kier alpha value is -2.45. The van der Waals surface area contributed by atoms with Crippen LogP contribution in [-0.2, 0) is 0 Å². The van der Waals surface area contributed by atoms with E-state index in [0.717, 1.165) is 16.7 Å². The van der Waals surface area contributed by atoms with Crippen LogP contribution in [0.2, 0.25) is 5.02 Å². The van der Waals surface area contributed by atoms with Gasteiger partial charge in [0, 0.05) is 22.1 Å². The zero-order valence-electron chi connectivity index (χ0n) is 11.8. The molecule has 3 aromatic carbocycles. The van der Waals surface area contributed by atoms with Gasteiger partial charge in [0.2, 0.25) is 0 Å². The first kappa shape index (κ1) is 14.5. The third kappa shape index (κ3) is 2.78. The van der Waals surface area contributed by atoms with E-state index < -0.39 is 0 Å². The molecule has 0 fully saturated rings. The smallest absolute Gasteiger partial charge is 0.119 e. The normalized spacial score (nSPS) is 10.8. The Labute approximate surface area is 134 Å². The molecule has 0 aromatic heterocycles. The summed E-state index contributed by atoms with van der Waals surface area (Å²) in [5, 5.41) is 21.1. The van der Waals surface area contributed by atoms with Gasteiger partial charge in [-0.05, 0) is 29.8 Å². The zero-order chi connectivity index (χ0) is 15.5. The summed E-state index contributed by atoms with van der Waals surface area (Å²) in [6, 6.07) is 21.8. The molecule has 0 atom stereocenters. The number of hydrogen-bond acceptors (Lipinski definition) is 2. The van der Waals surface area contributed by atoms with Gasteiger partial charge in [-0.1, -0.05) is 60.1 Å². The van der Waals surface area contributed by atoms with Crippen molar-refractivity contribution in [2.24, 2.45) is 0 Å². The maximum absolute atomic E-state index is 10.2. The van der Waals surface area contributed by atoms with Crippen LogP contribution in [0, 0.1) is 0 Å². The summed E-state index contributed by atoms with van der Waals surface area (Å²) < 4.78 is 0. The first-order valence-electron chi connectivity index (χ1n) is 6.98. The van der Waals surface area contributed by atoms with Crippen molar-refractivity contribution < 1.29 is 10.2 Å². The van der Waals surface area contributed by atoms with Crippen LogP contribution in [0.3, 0.4) is 0 Å². The van der Waals surface area contributed by atoms with Crippen molar-refractivity contribution in [3.8, 4) is 11.5 Å². The Balaban J connectivity index is 2.21. The minimum atomic E-state index is -0.264. The van der Waals surface area contributed by atoms with Crippen molar-refractivity contribution >= 4 is 11.6 Å². The number of aromatic hydroxyl groups is 2. The first-order chi connectivity index (χ1) is 10.7. The van der Waals surface area contributed by atoms with Crippen molar-refractivity contribution in [3.05, 3.63) is 94.5 Å². The van der Waals surface area contributed by atoms with Crippen LogP contribution in [0.4, 0.5) is 0 Å². The molecule has 0 radical (unpaired) electrons. The Morgan fingerprint density at radius 3 is 1.55 bits per heavy atom. The molecule has 2 nitrogen and oxygen atoms in total. The molecular formula is C19H15ClO2. The molecule has 3 aromatic rings. The molecule has 0 saturated carbocycles. The van der Waals surface area contributed by atoms with E-state index in [1.807, 2.05) is 48.5 Å². The number of hydrogen-bond donors (Lipinski definition) is 2. The van der Waals surface area contributed by atoms with E-state index in [9.17, 15) is 10.2 Å². The second-order valence-electron chi connectivity index (χ2n) is 5.10. The largest absolute Gasteiger partial charge is 0.508 e. The van der Waals surface area contributed by atoms with Crippen LogP contribution in [0.15, 0.2) is 72.8 Å². The molecule has 0 spiro atoms. The second-order valence-corrected chi connectivity index (χ2v) is 5.54. The van der Waals surface area contributed by atoms with Crippen LogP contribution < -0.4 is 0 Å². The summed E-state index contributed by atoms with van der Waals surface area (Å²) >= 11 is 5.97. The van der Waals surface area contributed by atoms with Gasteiger partial charge >= 0.3 is 0 Å². The summed E-state index contributed by atoms with van der Waals surface area (Å²) in [5.41, 5.74) is 2.44. The molecule has 0 heterocycles. The minimum Gasteiger partial charge on any atom is -0.508 e. The summed E-state index contributed by atoms with van der Waals surface area (Å²) in [6.07, 6.45) is 0. The number of benzene rings is 3. The maximum atomic E-state index is 10.2. The number of halogens is 1. The summed E-state index contributed by atoms with van der Waals surface area (Å²) in [6.45, 7) is 0. The Kier molecular flexibility index (Phi) is 4.03. The standard InChI is InChI=1S/C19H15ClO2/c20-14-11-9-13(10-12-14)19(15-5-1-3-7-17(15)21)16-6-2-4-8-18(16)22/h1-12,19,21-22H. The van der Waals surface area contributed by atoms with Crippen molar-refractivity contribution in [3.63, 3.8) is 0 Å². The Morgan fingerprint density at radius 2 is 1.09 bits per heavy atom. The van der Waals surface area contributed by atoms with Gasteiger partial charge in [-0.3, -0.25) is 0 Å². The van der Waals surface area contributed by atoms with E-state index in [1.165, 1.54) is 0 Å². The van der Waals surface area contributed by atoms with Gasteiger partial charge in [-0.2, -0.15) is 0 Å². The third-order valence-corrected chi connectivity index (χ3v) is 3.95. The maximum Gasteiger partial charge on any atom is 0.119 e. The summed E-state index contributed by atoms with van der Waals surface area (Å²) in [7, 11) is 0. The molecule has 3 rings (SSSR count). The van der Waals surface area contributed by atoms with Gasteiger partial charge in [0.25, 0.3) is 0 Å². The van der Waals surface area contributed by atoms with Gasteiger partial charge in [0.15, 0.2) is 0 Å². The van der Waals surface area contributed by atoms with Gasteiger partial charge in [0.1, 0.15) is 11.5 Å². The van der Waals surface area contributed by atoms with Gasteiger partial charge in [-0.15, -0.1) is 0 Å². The zero-order valence-corrected chi connectivity index (χ0v) is 12.5. The average molecular weight is 311 g/mol. The highest BCUT2D eigenvalue weighted by molar-refractivity contribution is 6.30. The lowest BCUT2D eigenvalue weighted by Gasteiger charge is -2.20. The second kappa shape index (κ2) is 6.12. The number of phenolic OH excluding ortho intramolecular Hbond substituents is 2. The quantitative estimate of drug-likeness (QED) is 0.673. The molecule has 0 unspecified atom stereocenters. The molecular weight excluding hydrogens is 296 g/mol. The van der Waals surface area contributed by atoms with Crippen LogP contribution in [0.5, 0.6) is 11.5 Å². The van der Waals surface area contributed by atoms with E-state index in [1.54, 1.807) is 24.3 Å². The van der Waals surface area contributed by atoms with Crippen molar-refractivity contribution in [2.45, 2.75) is 5.92 Å². The predicted octanol–water partition coefficient (Wildman–Crippen LogP) is 4.93. The molecule has 110 valence electrons. The predicted molar refractivity (Wildman–Crippen MR) is 88.6 cm³/mol. The monoisotopic (exact) mass is 310 g/mol. The SMILES string of the molecule is Oc1ccccc1C(c1ccc(Cl)cc1)c1ccccc1O. The molecule has 0 bridgehead atoms. The van der Waals surface area contributed by atoms with Gasteiger partial charge in [-0.25, -0.2) is 0 Å². The lowest BCUT2D eigenvalue weighted by molar-refractivity contribution is 0.458. The molecule has 0 aliphatic rings. The van der Waals surface area contributed by atoms with Crippen LogP contribution in [-0.4, -0.2) is 10.2 Å². The van der Waals surface area contributed by atoms with Crippen LogP contribution in [0.25, 0.3) is 0 Å². The highest BCUT2D eigenvalue weighted by Crippen LogP contribution is 2.40. The fourth-order valence-electron chi connectivity index (χ4n) is 2.65. The number of para-hydroxylation sites is 2. The van der Waals surface area contributed by atoms with E-state index in [2.05, 4.69) is 0 Å². The summed E-state index contributed by atoms with van der Waals surface area (Å²) in [4.78, 5) is 0. The molecule has 0 aliphatic heterocycles. The number of rotatable bonds is 3. The average Bonchev–Trinajstić information content (AvgIpc) is 2.53. The lowest BCUT2D eigenvalue weighted by Crippen LogP contribution is -2.04. The fraction of sp³-hybridized carbons (Fsp3) is 0.0526. The third-order valence-electron chi connectivity index (χ3n) is 3.70. The van der Waals surface area contributed by atoms with Crippen molar-refractivity contribution in [1.29, 1.82) is 0 Å². The summed E-state index contributed by atoms with van der Waals surface area (Å²) in [5.74, 6) is 0.135. The van der Waals surface area contributed by atoms with Gasteiger partial charge < -0.3 is 10.2 Å². The van der Waals surface area contributed by atoms with Gasteiger partial charge in [0.05, 0.1) is 0 Å². The minimum absolute atomic E-state index is 0.200. The molecule has 0 amide bonds. The fourth-order valence-corrected chi connectivity index (χ4v) is 2.77. The van der Waals surface area contributed by atoms with E-state index in [-0.39, 0.29) is 17.4 Å². The number of phenols is 2. The Morgan fingerprint density at radius 1 is 0.636 bits per heavy atom. The van der Waals surface area contributed by atoms with E-state index >= 15 is 0 Å². The van der Waals surface area contributed by atoms with E-state index in [4.69, 9.17) is 11.6 Å². The van der Waals surface area contributed by atoms with E-state index in [0.29, 0.717) is 5.02 Å². The van der Waals surface area contributed by atoms with Crippen LogP contribution >= 0.6 is 11.6 Å². The first-order valence-corrected chi connectivity index (χ1v) is 7.36. The molecule has 3 heteroatoms. The van der Waals surface area contributed by atoms with Crippen molar-refractivity contribution in [2.75, 3.05) is 0 Å². The lowest BCUT2D eigenvalue weighted by atomic mass is 9.84. The highest BCUT2D eigenvalue weighted by Gasteiger charge is 2.22.